The molecule has 0 spiro atoms. The molecule has 30 heavy (non-hydrogen) atoms. The fraction of sp³-hybridized carbons (Fsp3) is 0.308. The van der Waals surface area contributed by atoms with Crippen LogP contribution in [-0.2, 0) is 0 Å². The molecule has 0 atom stereocenters. The van der Waals surface area contributed by atoms with Gasteiger partial charge in [0.05, 0.1) is 7.11 Å². The van der Waals surface area contributed by atoms with Gasteiger partial charge in [-0.05, 0) is 53.5 Å². The maximum Gasteiger partial charge on any atom is 0.167 e. The van der Waals surface area contributed by atoms with Crippen LogP contribution in [0.5, 0.6) is 5.75 Å². The molecule has 0 saturated heterocycles. The molecule has 0 bridgehead atoms. The van der Waals surface area contributed by atoms with E-state index in [-0.39, 0.29) is 22.4 Å². The summed E-state index contributed by atoms with van der Waals surface area (Å²) in [5.74, 6) is -1.14. The average molecular weight is 410 g/mol. The van der Waals surface area contributed by atoms with Crippen molar-refractivity contribution < 1.29 is 17.9 Å². The van der Waals surface area contributed by atoms with E-state index >= 15 is 0 Å². The molecule has 0 aliphatic heterocycles. The van der Waals surface area contributed by atoms with Gasteiger partial charge < -0.3 is 4.74 Å². The normalized spacial score (nSPS) is 19.0. The molecule has 0 heterocycles. The largest absolute Gasteiger partial charge is 0.494 e. The molecule has 156 valence electrons. The second-order valence-electron chi connectivity index (χ2n) is 8.22. The number of benzene rings is 3. The van der Waals surface area contributed by atoms with Gasteiger partial charge in [0.25, 0.3) is 0 Å². The third-order valence-corrected chi connectivity index (χ3v) is 6.25. The topological polar surface area (TPSA) is 9.23 Å². The third kappa shape index (κ3) is 3.96. The minimum atomic E-state index is -0.984. The lowest BCUT2D eigenvalue weighted by Gasteiger charge is -2.26. The molecule has 0 aromatic heterocycles. The SMILES string of the molecule is COc1ccc(-c2ccc(-c3ccc(C4CCC(C)CC4)cc3)c(F)c2F)cc1F. The zero-order valence-corrected chi connectivity index (χ0v) is 17.2. The summed E-state index contributed by atoms with van der Waals surface area (Å²) in [5.41, 5.74) is 2.38. The molecule has 4 rings (SSSR count). The molecule has 0 amide bonds. The van der Waals surface area contributed by atoms with Crippen molar-refractivity contribution >= 4 is 0 Å². The van der Waals surface area contributed by atoms with Crippen molar-refractivity contribution in [3.8, 4) is 28.0 Å². The van der Waals surface area contributed by atoms with E-state index in [0.717, 1.165) is 12.0 Å². The van der Waals surface area contributed by atoms with E-state index in [9.17, 15) is 13.2 Å². The minimum absolute atomic E-state index is 0.0192. The van der Waals surface area contributed by atoms with Gasteiger partial charge in [-0.2, -0.15) is 0 Å². The van der Waals surface area contributed by atoms with Crippen molar-refractivity contribution in [1.82, 2.24) is 0 Å². The number of methoxy groups -OCH3 is 1. The monoisotopic (exact) mass is 410 g/mol. The molecule has 1 fully saturated rings. The molecule has 4 heteroatoms. The lowest BCUT2D eigenvalue weighted by Crippen LogP contribution is -2.10. The van der Waals surface area contributed by atoms with Crippen LogP contribution in [0.25, 0.3) is 22.3 Å². The second kappa shape index (κ2) is 8.55. The van der Waals surface area contributed by atoms with Crippen molar-refractivity contribution in [2.75, 3.05) is 7.11 Å². The van der Waals surface area contributed by atoms with Gasteiger partial charge in [0.15, 0.2) is 23.2 Å². The Kier molecular flexibility index (Phi) is 5.85. The van der Waals surface area contributed by atoms with E-state index in [4.69, 9.17) is 4.74 Å². The third-order valence-electron chi connectivity index (χ3n) is 6.25. The molecule has 0 unspecified atom stereocenters. The number of halogens is 3. The molecule has 1 nitrogen and oxygen atoms in total. The van der Waals surface area contributed by atoms with E-state index in [1.807, 2.05) is 24.3 Å². The number of ether oxygens (including phenoxy) is 1. The van der Waals surface area contributed by atoms with Crippen LogP contribution < -0.4 is 4.74 Å². The summed E-state index contributed by atoms with van der Waals surface area (Å²) in [4.78, 5) is 0. The molecule has 1 aliphatic rings. The highest BCUT2D eigenvalue weighted by molar-refractivity contribution is 5.72. The van der Waals surface area contributed by atoms with E-state index in [1.54, 1.807) is 6.07 Å². The van der Waals surface area contributed by atoms with Gasteiger partial charge in [-0.1, -0.05) is 62.2 Å². The first-order chi connectivity index (χ1) is 14.5. The van der Waals surface area contributed by atoms with Crippen LogP contribution in [0.3, 0.4) is 0 Å². The first-order valence-electron chi connectivity index (χ1n) is 10.4. The van der Waals surface area contributed by atoms with Gasteiger partial charge in [0, 0.05) is 11.1 Å². The van der Waals surface area contributed by atoms with Gasteiger partial charge >= 0.3 is 0 Å². The van der Waals surface area contributed by atoms with E-state index in [0.29, 0.717) is 11.5 Å². The Bertz CT molecular complexity index is 1030. The summed E-state index contributed by atoms with van der Waals surface area (Å²) in [5, 5.41) is 0. The maximum absolute atomic E-state index is 14.9. The minimum Gasteiger partial charge on any atom is -0.494 e. The first kappa shape index (κ1) is 20.5. The van der Waals surface area contributed by atoms with Crippen LogP contribution in [-0.4, -0.2) is 7.11 Å². The molecule has 1 aliphatic carbocycles. The van der Waals surface area contributed by atoms with Crippen LogP contribution >= 0.6 is 0 Å². The Morgan fingerprint density at radius 3 is 1.87 bits per heavy atom. The van der Waals surface area contributed by atoms with Gasteiger partial charge in [-0.25, -0.2) is 13.2 Å². The van der Waals surface area contributed by atoms with Crippen LogP contribution in [0.15, 0.2) is 54.6 Å². The van der Waals surface area contributed by atoms with Gasteiger partial charge in [-0.15, -0.1) is 0 Å². The fourth-order valence-corrected chi connectivity index (χ4v) is 4.36. The van der Waals surface area contributed by atoms with Crippen molar-refractivity contribution in [2.45, 2.75) is 38.5 Å². The predicted octanol–water partition coefficient (Wildman–Crippen LogP) is 7.74. The Hall–Kier alpha value is -2.75. The van der Waals surface area contributed by atoms with Gasteiger partial charge in [0.2, 0.25) is 0 Å². The summed E-state index contributed by atoms with van der Waals surface area (Å²) in [6, 6.07) is 14.9. The molecular formula is C26H25F3O. The Morgan fingerprint density at radius 1 is 0.733 bits per heavy atom. The lowest BCUT2D eigenvalue weighted by atomic mass is 9.79. The van der Waals surface area contributed by atoms with Gasteiger partial charge in [-0.3, -0.25) is 0 Å². The molecule has 3 aromatic carbocycles. The van der Waals surface area contributed by atoms with Crippen LogP contribution in [0.4, 0.5) is 13.2 Å². The second-order valence-corrected chi connectivity index (χ2v) is 8.22. The summed E-state index contributed by atoms with van der Waals surface area (Å²) in [7, 11) is 1.35. The number of hydrogen-bond donors (Lipinski definition) is 0. The van der Waals surface area contributed by atoms with Crippen LogP contribution in [0, 0.1) is 23.4 Å². The molecule has 1 saturated carbocycles. The highest BCUT2D eigenvalue weighted by atomic mass is 19.2. The summed E-state index contributed by atoms with van der Waals surface area (Å²) < 4.78 is 48.6. The summed E-state index contributed by atoms with van der Waals surface area (Å²) in [6.07, 6.45) is 4.83. The Morgan fingerprint density at radius 2 is 1.30 bits per heavy atom. The Labute approximate surface area is 175 Å². The highest BCUT2D eigenvalue weighted by Gasteiger charge is 2.21. The van der Waals surface area contributed by atoms with Crippen LogP contribution in [0.1, 0.15) is 44.1 Å². The van der Waals surface area contributed by atoms with E-state index < -0.39 is 17.5 Å². The first-order valence-corrected chi connectivity index (χ1v) is 10.4. The number of rotatable bonds is 4. The highest BCUT2D eigenvalue weighted by Crippen LogP contribution is 2.37. The molecule has 0 N–H and O–H groups in total. The van der Waals surface area contributed by atoms with E-state index in [2.05, 4.69) is 6.92 Å². The summed E-state index contributed by atoms with van der Waals surface area (Å²) in [6.45, 7) is 2.29. The van der Waals surface area contributed by atoms with E-state index in [1.165, 1.54) is 56.6 Å². The Balaban J connectivity index is 1.61. The summed E-state index contributed by atoms with van der Waals surface area (Å²) >= 11 is 0. The van der Waals surface area contributed by atoms with Crippen molar-refractivity contribution in [2.24, 2.45) is 5.92 Å². The maximum atomic E-state index is 14.9. The van der Waals surface area contributed by atoms with Crippen molar-refractivity contribution in [3.05, 3.63) is 77.6 Å². The fourth-order valence-electron chi connectivity index (χ4n) is 4.36. The smallest absolute Gasteiger partial charge is 0.167 e. The zero-order valence-electron chi connectivity index (χ0n) is 17.2. The molecular weight excluding hydrogens is 385 g/mol. The van der Waals surface area contributed by atoms with Crippen molar-refractivity contribution in [3.63, 3.8) is 0 Å². The van der Waals surface area contributed by atoms with Gasteiger partial charge in [0.1, 0.15) is 0 Å². The van der Waals surface area contributed by atoms with Crippen molar-refractivity contribution in [1.29, 1.82) is 0 Å². The number of hydrogen-bond acceptors (Lipinski definition) is 1. The molecule has 3 aromatic rings. The lowest BCUT2D eigenvalue weighted by molar-refractivity contribution is 0.348. The quantitative estimate of drug-likeness (QED) is 0.427. The molecule has 0 radical (unpaired) electrons. The zero-order chi connectivity index (χ0) is 21.3. The predicted molar refractivity (Wildman–Crippen MR) is 114 cm³/mol. The van der Waals surface area contributed by atoms with Crippen LogP contribution in [0.2, 0.25) is 0 Å². The standard InChI is InChI=1S/C26H25F3O/c1-16-3-5-17(6-4-16)18-7-9-19(10-8-18)21-12-13-22(26(29)25(21)28)20-11-14-24(30-2)23(27)15-20/h7-17H,3-6H2,1-2H3. The average Bonchev–Trinajstić information content (AvgIpc) is 2.76.